The Hall–Kier alpha value is -2.48. The zero-order chi connectivity index (χ0) is 24.7. The number of carbonyl (C=O) groups excluding carboxylic acids is 2. The van der Waals surface area contributed by atoms with E-state index in [-0.39, 0.29) is 30.0 Å². The normalized spacial score (nSPS) is 18.9. The molecule has 2 saturated carbocycles. The highest BCUT2D eigenvalue weighted by Gasteiger charge is 2.35. The number of benzene rings is 1. The highest BCUT2D eigenvalue weighted by molar-refractivity contribution is 5.81. The Bertz CT molecular complexity index is 807. The molecule has 3 N–H and O–H groups in total. The Balaban J connectivity index is 1.78. The van der Waals surface area contributed by atoms with Crippen molar-refractivity contribution in [3.05, 3.63) is 23.8 Å². The van der Waals surface area contributed by atoms with Crippen LogP contribution >= 0.6 is 0 Å². The van der Waals surface area contributed by atoms with Crippen molar-refractivity contribution in [2.24, 2.45) is 0 Å². The van der Waals surface area contributed by atoms with Crippen LogP contribution in [0.1, 0.15) is 90.5 Å². The number of carbonyl (C=O) groups is 2. The van der Waals surface area contributed by atoms with E-state index < -0.39 is 23.7 Å². The molecule has 0 spiro atoms. The van der Waals surface area contributed by atoms with Gasteiger partial charge in [-0.3, -0.25) is 0 Å². The number of ether oxygens (including phenoxy) is 1. The molecule has 0 heterocycles. The topological polar surface area (TPSA) is 108 Å². The second kappa shape index (κ2) is 11.8. The number of phenolic OH excluding ortho intramolecular Hbond substituents is 2. The summed E-state index contributed by atoms with van der Waals surface area (Å²) in [4.78, 5) is 32.0. The third-order valence-electron chi connectivity index (χ3n) is 6.52. The molecule has 1 atom stereocenters. The quantitative estimate of drug-likeness (QED) is 0.377. The summed E-state index contributed by atoms with van der Waals surface area (Å²) in [6.45, 7) is 5.27. The fraction of sp³-hybridized carbons (Fsp3) is 0.692. The fourth-order valence-electron chi connectivity index (χ4n) is 4.86. The fourth-order valence-corrected chi connectivity index (χ4v) is 4.86. The SMILES string of the molecule is CC(C)(C)OC(=O)N[C@@H](Cc1ccc(O)c(O)c1)C(=O)ON(C1CCCCC1)C1CCCCC1. The van der Waals surface area contributed by atoms with Crippen LogP contribution in [0.15, 0.2) is 18.2 Å². The Morgan fingerprint density at radius 1 is 0.971 bits per heavy atom. The van der Waals surface area contributed by atoms with Crippen molar-refractivity contribution in [1.29, 1.82) is 0 Å². The number of rotatable bonds is 7. The average molecular weight is 477 g/mol. The number of nitrogens with zero attached hydrogens (tertiary/aromatic N) is 1. The van der Waals surface area contributed by atoms with Gasteiger partial charge in [-0.15, -0.1) is 5.06 Å². The van der Waals surface area contributed by atoms with Crippen LogP contribution in [-0.4, -0.2) is 51.1 Å². The van der Waals surface area contributed by atoms with Gasteiger partial charge in [0.25, 0.3) is 0 Å². The van der Waals surface area contributed by atoms with Gasteiger partial charge in [0, 0.05) is 18.5 Å². The van der Waals surface area contributed by atoms with Gasteiger partial charge in [-0.25, -0.2) is 9.59 Å². The van der Waals surface area contributed by atoms with Crippen molar-refractivity contribution < 1.29 is 29.4 Å². The summed E-state index contributed by atoms with van der Waals surface area (Å²) in [5.41, 5.74) is -0.138. The average Bonchev–Trinajstić information content (AvgIpc) is 2.79. The molecule has 190 valence electrons. The minimum Gasteiger partial charge on any atom is -0.504 e. The molecule has 0 unspecified atom stereocenters. The van der Waals surface area contributed by atoms with E-state index in [1.165, 1.54) is 25.0 Å². The maximum absolute atomic E-state index is 13.5. The van der Waals surface area contributed by atoms with Gasteiger partial charge in [0.1, 0.15) is 11.6 Å². The molecule has 3 rings (SSSR count). The van der Waals surface area contributed by atoms with Crippen molar-refractivity contribution in [1.82, 2.24) is 10.4 Å². The molecule has 0 aromatic heterocycles. The van der Waals surface area contributed by atoms with Gasteiger partial charge in [-0.1, -0.05) is 44.6 Å². The third kappa shape index (κ3) is 7.79. The molecule has 8 heteroatoms. The number of nitrogens with one attached hydrogen (secondary N) is 1. The number of hydrogen-bond donors (Lipinski definition) is 3. The predicted octanol–water partition coefficient (Wildman–Crippen LogP) is 4.96. The van der Waals surface area contributed by atoms with Gasteiger partial charge in [0.15, 0.2) is 11.5 Å². The first-order valence-electron chi connectivity index (χ1n) is 12.6. The second-order valence-corrected chi connectivity index (χ2v) is 10.6. The first-order valence-corrected chi connectivity index (χ1v) is 12.6. The van der Waals surface area contributed by atoms with Gasteiger partial charge in [-0.05, 0) is 64.2 Å². The van der Waals surface area contributed by atoms with E-state index in [1.807, 2.05) is 5.06 Å². The number of amides is 1. The Morgan fingerprint density at radius 3 is 2.03 bits per heavy atom. The number of phenols is 2. The van der Waals surface area contributed by atoms with Crippen molar-refractivity contribution in [3.63, 3.8) is 0 Å². The van der Waals surface area contributed by atoms with Gasteiger partial charge in [-0.2, -0.15) is 0 Å². The minimum absolute atomic E-state index is 0.0924. The van der Waals surface area contributed by atoms with E-state index in [1.54, 1.807) is 26.8 Å². The zero-order valence-electron chi connectivity index (χ0n) is 20.7. The van der Waals surface area contributed by atoms with Crippen LogP contribution in [0.3, 0.4) is 0 Å². The van der Waals surface area contributed by atoms with Crippen molar-refractivity contribution in [2.75, 3.05) is 0 Å². The minimum atomic E-state index is -1.01. The monoisotopic (exact) mass is 476 g/mol. The third-order valence-corrected chi connectivity index (χ3v) is 6.52. The van der Waals surface area contributed by atoms with Crippen LogP contribution in [0.2, 0.25) is 0 Å². The van der Waals surface area contributed by atoms with E-state index in [0.29, 0.717) is 5.56 Å². The van der Waals surface area contributed by atoms with E-state index in [2.05, 4.69) is 5.32 Å². The molecule has 1 aromatic rings. The summed E-state index contributed by atoms with van der Waals surface area (Å²) in [6.07, 6.45) is 10.3. The molecule has 0 bridgehead atoms. The first kappa shape index (κ1) is 26.1. The molecule has 0 aliphatic heterocycles. The summed E-state index contributed by atoms with van der Waals surface area (Å²) in [7, 11) is 0. The summed E-state index contributed by atoms with van der Waals surface area (Å²) in [5.74, 6) is -1.08. The van der Waals surface area contributed by atoms with Gasteiger partial charge in [0.05, 0.1) is 0 Å². The number of alkyl carbamates (subject to hydrolysis) is 1. The highest BCUT2D eigenvalue weighted by Crippen LogP contribution is 2.31. The largest absolute Gasteiger partial charge is 0.504 e. The lowest BCUT2D eigenvalue weighted by atomic mass is 9.90. The molecular formula is C26H40N2O6. The Labute approximate surface area is 202 Å². The molecule has 0 saturated heterocycles. The van der Waals surface area contributed by atoms with E-state index in [0.717, 1.165) is 51.4 Å². The van der Waals surface area contributed by atoms with Crippen molar-refractivity contribution >= 4 is 12.1 Å². The first-order chi connectivity index (χ1) is 16.1. The lowest BCUT2D eigenvalue weighted by Gasteiger charge is -2.40. The van der Waals surface area contributed by atoms with Crippen LogP contribution in [0.25, 0.3) is 0 Å². The van der Waals surface area contributed by atoms with E-state index in [4.69, 9.17) is 9.57 Å². The van der Waals surface area contributed by atoms with Crippen molar-refractivity contribution in [2.45, 2.75) is 115 Å². The van der Waals surface area contributed by atoms with Crippen LogP contribution in [0.5, 0.6) is 11.5 Å². The summed E-state index contributed by atoms with van der Waals surface area (Å²) in [6, 6.07) is 3.73. The molecule has 8 nitrogen and oxygen atoms in total. The standard InChI is InChI=1S/C26H40N2O6/c1-26(2,3)33-25(32)27-21(16-18-14-15-22(29)23(30)17-18)24(31)34-28(19-10-6-4-7-11-19)20-12-8-5-9-13-20/h14-15,17,19-21,29-30H,4-13,16H2,1-3H3,(H,27,32)/t21-/m0/s1. The van der Waals surface area contributed by atoms with Crippen LogP contribution in [-0.2, 0) is 20.8 Å². The number of hydrogen-bond acceptors (Lipinski definition) is 7. The van der Waals surface area contributed by atoms with Gasteiger partial charge < -0.3 is 25.1 Å². The molecule has 1 aromatic carbocycles. The lowest BCUT2D eigenvalue weighted by molar-refractivity contribution is -0.225. The number of aromatic hydroxyl groups is 2. The summed E-state index contributed by atoms with van der Waals surface area (Å²) < 4.78 is 5.38. The summed E-state index contributed by atoms with van der Waals surface area (Å²) >= 11 is 0. The van der Waals surface area contributed by atoms with Crippen LogP contribution < -0.4 is 5.32 Å². The van der Waals surface area contributed by atoms with Crippen molar-refractivity contribution in [3.8, 4) is 11.5 Å². The lowest BCUT2D eigenvalue weighted by Crippen LogP contribution is -2.51. The van der Waals surface area contributed by atoms with Crippen LogP contribution in [0, 0.1) is 0 Å². The molecule has 0 radical (unpaired) electrons. The zero-order valence-corrected chi connectivity index (χ0v) is 20.7. The molecule has 2 aliphatic rings. The van der Waals surface area contributed by atoms with Gasteiger partial charge in [0.2, 0.25) is 0 Å². The number of hydroxylamine groups is 2. The van der Waals surface area contributed by atoms with Crippen LogP contribution in [0.4, 0.5) is 4.79 Å². The Kier molecular flexibility index (Phi) is 9.05. The Morgan fingerprint density at radius 2 is 1.53 bits per heavy atom. The smallest absolute Gasteiger partial charge is 0.408 e. The highest BCUT2D eigenvalue weighted by atomic mass is 16.7. The predicted molar refractivity (Wildman–Crippen MR) is 128 cm³/mol. The molecule has 2 fully saturated rings. The summed E-state index contributed by atoms with van der Waals surface area (Å²) in [5, 5.41) is 24.1. The molecule has 1 amide bonds. The van der Waals surface area contributed by atoms with E-state index >= 15 is 0 Å². The maximum atomic E-state index is 13.5. The van der Waals surface area contributed by atoms with E-state index in [9.17, 15) is 19.8 Å². The second-order valence-electron chi connectivity index (χ2n) is 10.6. The molecular weight excluding hydrogens is 436 g/mol. The maximum Gasteiger partial charge on any atom is 0.408 e. The van der Waals surface area contributed by atoms with Gasteiger partial charge >= 0.3 is 12.1 Å². The molecule has 34 heavy (non-hydrogen) atoms. The molecule has 2 aliphatic carbocycles.